The van der Waals surface area contributed by atoms with E-state index in [4.69, 9.17) is 16.9 Å². The van der Waals surface area contributed by atoms with Crippen LogP contribution in [0.2, 0.25) is 5.02 Å². The molecular formula is C22H22ClF3N4O. The molecule has 2 heterocycles. The quantitative estimate of drug-likeness (QED) is 0.644. The number of anilines is 2. The zero-order valence-corrected chi connectivity index (χ0v) is 17.9. The number of nitriles is 1. The van der Waals surface area contributed by atoms with Crippen molar-refractivity contribution in [1.82, 2.24) is 4.98 Å². The largest absolute Gasteiger partial charge is 0.356 e. The number of nitrogens with one attached hydrogen (secondary N) is 1. The van der Waals surface area contributed by atoms with Crippen molar-refractivity contribution in [2.45, 2.75) is 45.0 Å². The maximum Gasteiger partial charge on any atom is 0.259 e. The molecule has 0 aliphatic carbocycles. The number of amides is 1. The Morgan fingerprint density at radius 2 is 2.03 bits per heavy atom. The molecule has 1 aromatic carbocycles. The average molecular weight is 451 g/mol. The van der Waals surface area contributed by atoms with E-state index in [1.807, 2.05) is 13.8 Å². The molecule has 0 bridgehead atoms. The van der Waals surface area contributed by atoms with Crippen molar-refractivity contribution in [3.05, 3.63) is 51.9 Å². The molecule has 0 atom stereocenters. The smallest absolute Gasteiger partial charge is 0.259 e. The minimum Gasteiger partial charge on any atom is -0.356 e. The van der Waals surface area contributed by atoms with Crippen molar-refractivity contribution in [3.63, 3.8) is 0 Å². The fourth-order valence-electron chi connectivity index (χ4n) is 3.47. The Morgan fingerprint density at radius 1 is 1.29 bits per heavy atom. The predicted molar refractivity (Wildman–Crippen MR) is 113 cm³/mol. The third-order valence-corrected chi connectivity index (χ3v) is 5.44. The number of carbonyl (C=O) groups is 1. The molecule has 31 heavy (non-hydrogen) atoms. The normalized spacial score (nSPS) is 16.0. The van der Waals surface area contributed by atoms with E-state index < -0.39 is 17.6 Å². The number of rotatable bonds is 4. The van der Waals surface area contributed by atoms with Crippen molar-refractivity contribution in [2.24, 2.45) is 0 Å². The lowest BCUT2D eigenvalue weighted by Gasteiger charge is -2.25. The van der Waals surface area contributed by atoms with Crippen LogP contribution in [-0.2, 0) is 0 Å². The van der Waals surface area contributed by atoms with Crippen molar-refractivity contribution in [1.29, 1.82) is 5.26 Å². The Bertz CT molecular complexity index is 1040. The summed E-state index contributed by atoms with van der Waals surface area (Å²) in [5, 5.41) is 11.9. The number of hydrogen-bond donors (Lipinski definition) is 1. The standard InChI is InChI=1S/C22H22ClF3N4O/c1-13(2)19-17(23)11-16(20(29-19)30-8-3-6-22(25,26)7-9-30)21(31)28-15-4-5-18(24)14(10-15)12-27/h4-5,10-11,13H,3,6-9H2,1-2H3,(H,28,31). The van der Waals surface area contributed by atoms with Gasteiger partial charge in [0, 0.05) is 31.6 Å². The lowest BCUT2D eigenvalue weighted by atomic mass is 10.1. The molecule has 1 aromatic heterocycles. The van der Waals surface area contributed by atoms with Crippen LogP contribution in [0.1, 0.15) is 60.6 Å². The highest BCUT2D eigenvalue weighted by molar-refractivity contribution is 6.32. The summed E-state index contributed by atoms with van der Waals surface area (Å²) in [6, 6.07) is 6.83. The van der Waals surface area contributed by atoms with Gasteiger partial charge in [-0.25, -0.2) is 18.2 Å². The van der Waals surface area contributed by atoms with Crippen LogP contribution in [0.15, 0.2) is 24.3 Å². The van der Waals surface area contributed by atoms with E-state index in [1.165, 1.54) is 18.2 Å². The number of halogens is 4. The van der Waals surface area contributed by atoms with Crippen molar-refractivity contribution < 1.29 is 18.0 Å². The summed E-state index contributed by atoms with van der Waals surface area (Å²) >= 11 is 6.35. The van der Waals surface area contributed by atoms with Gasteiger partial charge in [-0.3, -0.25) is 4.79 Å². The van der Waals surface area contributed by atoms with E-state index in [9.17, 15) is 18.0 Å². The number of aromatic nitrogens is 1. The van der Waals surface area contributed by atoms with Gasteiger partial charge in [0.2, 0.25) is 5.92 Å². The van der Waals surface area contributed by atoms with Crippen LogP contribution in [0.25, 0.3) is 0 Å². The van der Waals surface area contributed by atoms with Gasteiger partial charge in [0.25, 0.3) is 5.91 Å². The third kappa shape index (κ3) is 5.28. The van der Waals surface area contributed by atoms with Crippen LogP contribution in [0.5, 0.6) is 0 Å². The first kappa shape index (κ1) is 22.9. The zero-order chi connectivity index (χ0) is 22.8. The Labute approximate surface area is 183 Å². The molecule has 1 N–H and O–H groups in total. The van der Waals surface area contributed by atoms with Crippen LogP contribution >= 0.6 is 11.6 Å². The summed E-state index contributed by atoms with van der Waals surface area (Å²) in [6.07, 6.45) is -0.292. The van der Waals surface area contributed by atoms with Crippen molar-refractivity contribution >= 4 is 29.0 Å². The first-order chi connectivity index (χ1) is 14.6. The highest BCUT2D eigenvalue weighted by atomic mass is 35.5. The molecule has 1 amide bonds. The fourth-order valence-corrected chi connectivity index (χ4v) is 3.84. The first-order valence-electron chi connectivity index (χ1n) is 9.95. The van der Waals surface area contributed by atoms with Gasteiger partial charge in [0.05, 0.1) is 21.8 Å². The summed E-state index contributed by atoms with van der Waals surface area (Å²) in [4.78, 5) is 19.3. The highest BCUT2D eigenvalue weighted by Gasteiger charge is 2.33. The summed E-state index contributed by atoms with van der Waals surface area (Å²) in [7, 11) is 0. The Balaban J connectivity index is 1.99. The van der Waals surface area contributed by atoms with E-state index in [0.717, 1.165) is 6.07 Å². The molecule has 5 nitrogen and oxygen atoms in total. The Kier molecular flexibility index (Phi) is 6.75. The summed E-state index contributed by atoms with van der Waals surface area (Å²) in [6.45, 7) is 4.18. The van der Waals surface area contributed by atoms with Gasteiger partial charge in [-0.1, -0.05) is 25.4 Å². The number of nitrogens with zero attached hydrogens (tertiary/aromatic N) is 3. The third-order valence-electron chi connectivity index (χ3n) is 5.14. The van der Waals surface area contributed by atoms with E-state index in [2.05, 4.69) is 10.3 Å². The number of pyridine rings is 1. The summed E-state index contributed by atoms with van der Waals surface area (Å²) in [5.74, 6) is -3.78. The molecule has 164 valence electrons. The molecule has 0 radical (unpaired) electrons. The predicted octanol–water partition coefficient (Wildman–Crippen LogP) is 5.75. The number of benzene rings is 1. The molecule has 1 fully saturated rings. The van der Waals surface area contributed by atoms with Crippen molar-refractivity contribution in [2.75, 3.05) is 23.3 Å². The topological polar surface area (TPSA) is 69.0 Å². The minimum absolute atomic E-state index is 0.0351. The van der Waals surface area contributed by atoms with E-state index >= 15 is 0 Å². The zero-order valence-electron chi connectivity index (χ0n) is 17.2. The maximum absolute atomic E-state index is 13.9. The first-order valence-corrected chi connectivity index (χ1v) is 10.3. The SMILES string of the molecule is CC(C)c1nc(N2CCCC(F)(F)CC2)c(C(=O)Nc2ccc(F)c(C#N)c2)cc1Cl. The molecule has 9 heteroatoms. The molecule has 0 saturated carbocycles. The van der Waals surface area contributed by atoms with E-state index in [1.54, 1.807) is 11.0 Å². The highest BCUT2D eigenvalue weighted by Crippen LogP contribution is 2.34. The molecule has 1 aliphatic heterocycles. The molecule has 0 unspecified atom stereocenters. The van der Waals surface area contributed by atoms with Crippen LogP contribution in [0.4, 0.5) is 24.7 Å². The van der Waals surface area contributed by atoms with Crippen molar-refractivity contribution in [3.8, 4) is 6.07 Å². The van der Waals surface area contributed by atoms with E-state index in [0.29, 0.717) is 17.3 Å². The lowest BCUT2D eigenvalue weighted by molar-refractivity contribution is -0.0102. The fraction of sp³-hybridized carbons (Fsp3) is 0.409. The van der Waals surface area contributed by atoms with Gasteiger partial charge in [0.15, 0.2) is 0 Å². The van der Waals surface area contributed by atoms with Crippen LogP contribution in [0, 0.1) is 17.1 Å². The average Bonchev–Trinajstić information content (AvgIpc) is 2.89. The molecule has 3 rings (SSSR count). The van der Waals surface area contributed by atoms with Gasteiger partial charge in [-0.2, -0.15) is 5.26 Å². The van der Waals surface area contributed by atoms with Crippen LogP contribution < -0.4 is 10.2 Å². The second-order valence-electron chi connectivity index (χ2n) is 7.84. The Hall–Kier alpha value is -2.79. The van der Waals surface area contributed by atoms with Gasteiger partial charge in [-0.05, 0) is 36.6 Å². The molecule has 1 saturated heterocycles. The maximum atomic E-state index is 13.9. The van der Waals surface area contributed by atoms with Crippen LogP contribution in [0.3, 0.4) is 0 Å². The lowest BCUT2D eigenvalue weighted by Crippen LogP contribution is -2.30. The molecular weight excluding hydrogens is 429 g/mol. The second kappa shape index (κ2) is 9.15. The summed E-state index contributed by atoms with van der Waals surface area (Å²) in [5.41, 5.74) is 0.708. The van der Waals surface area contributed by atoms with Crippen LogP contribution in [-0.4, -0.2) is 29.9 Å². The van der Waals surface area contributed by atoms with E-state index in [-0.39, 0.29) is 54.4 Å². The monoisotopic (exact) mass is 450 g/mol. The number of hydrogen-bond acceptors (Lipinski definition) is 4. The van der Waals surface area contributed by atoms with Gasteiger partial charge in [-0.15, -0.1) is 0 Å². The van der Waals surface area contributed by atoms with Gasteiger partial charge in [0.1, 0.15) is 17.7 Å². The van der Waals surface area contributed by atoms with Gasteiger partial charge < -0.3 is 10.2 Å². The number of carbonyl (C=O) groups excluding carboxylic acids is 1. The molecule has 1 aliphatic rings. The molecule has 0 spiro atoms. The van der Waals surface area contributed by atoms with Gasteiger partial charge >= 0.3 is 0 Å². The number of alkyl halides is 2. The minimum atomic E-state index is -2.76. The molecule has 2 aromatic rings. The summed E-state index contributed by atoms with van der Waals surface area (Å²) < 4.78 is 41.3. The second-order valence-corrected chi connectivity index (χ2v) is 8.25. The Morgan fingerprint density at radius 3 is 2.71 bits per heavy atom.